The lowest BCUT2D eigenvalue weighted by atomic mass is 10.00. The molecule has 0 fully saturated rings. The summed E-state index contributed by atoms with van der Waals surface area (Å²) in [7, 11) is 1.58. The first kappa shape index (κ1) is 16.3. The van der Waals surface area contributed by atoms with Gasteiger partial charge in [-0.15, -0.1) is 19.0 Å². The smallest absolute Gasteiger partial charge is 0.134 e. The molecular weight excluding hydrogens is 305 g/mol. The Labute approximate surface area is 116 Å². The number of halogens is 2. The molecule has 0 amide bonds. The van der Waals surface area contributed by atoms with Gasteiger partial charge < -0.3 is 15.6 Å². The van der Waals surface area contributed by atoms with E-state index >= 15 is 0 Å². The number of hydrogen-bond acceptors (Lipinski definition) is 3. The minimum Gasteiger partial charge on any atom is -0.506 e. The average Bonchev–Trinajstić information content (AvgIpc) is 2.20. The summed E-state index contributed by atoms with van der Waals surface area (Å²) in [5.74, 6) is 0.825. The molecule has 0 bridgehead atoms. The van der Waals surface area contributed by atoms with Crippen molar-refractivity contribution in [2.75, 3.05) is 7.11 Å². The number of phenols is 1. The van der Waals surface area contributed by atoms with Crippen molar-refractivity contribution in [1.29, 1.82) is 0 Å². The third kappa shape index (κ3) is 4.22. The van der Waals surface area contributed by atoms with E-state index in [0.29, 0.717) is 22.2 Å². The van der Waals surface area contributed by atoms with Crippen LogP contribution in [0, 0.1) is 0 Å². The van der Waals surface area contributed by atoms with Crippen LogP contribution >= 0.6 is 28.3 Å². The van der Waals surface area contributed by atoms with Gasteiger partial charge in [0.05, 0.1) is 11.6 Å². The van der Waals surface area contributed by atoms with Gasteiger partial charge in [0.15, 0.2) is 0 Å². The summed E-state index contributed by atoms with van der Waals surface area (Å²) in [6.07, 6.45) is 0.632. The van der Waals surface area contributed by atoms with E-state index in [4.69, 9.17) is 10.5 Å². The van der Waals surface area contributed by atoms with Crippen molar-refractivity contribution >= 4 is 28.3 Å². The molecule has 0 saturated heterocycles. The zero-order chi connectivity index (χ0) is 12.3. The van der Waals surface area contributed by atoms with Crippen molar-refractivity contribution in [1.82, 2.24) is 0 Å². The van der Waals surface area contributed by atoms with Crippen LogP contribution in [0.15, 0.2) is 28.8 Å². The first-order valence-corrected chi connectivity index (χ1v) is 5.71. The molecule has 0 heterocycles. The molecule has 0 aliphatic heterocycles. The summed E-state index contributed by atoms with van der Waals surface area (Å²) < 4.78 is 5.71. The standard InChI is InChI=1S/C12H16BrNO2.ClH/c1-7(2)4-11(14)9-5-8(16-3)6-10(13)12(9)15;/h5-6,11,15H,1,4,14H2,2-3H3;1H/t11-;/m0./s1. The molecule has 3 N–H and O–H groups in total. The van der Waals surface area contributed by atoms with E-state index in [1.54, 1.807) is 19.2 Å². The zero-order valence-corrected chi connectivity index (χ0v) is 12.3. The molecule has 3 nitrogen and oxygen atoms in total. The fraction of sp³-hybridized carbons (Fsp3) is 0.333. The second kappa shape index (κ2) is 6.89. The molecule has 0 saturated carbocycles. The normalized spacial score (nSPS) is 11.5. The van der Waals surface area contributed by atoms with Gasteiger partial charge in [-0.25, -0.2) is 0 Å². The van der Waals surface area contributed by atoms with Gasteiger partial charge in [-0.1, -0.05) is 5.57 Å². The number of nitrogens with two attached hydrogens (primary N) is 1. The van der Waals surface area contributed by atoms with Crippen LogP contribution in [0.4, 0.5) is 0 Å². The molecule has 1 aromatic rings. The van der Waals surface area contributed by atoms with Crippen LogP contribution in [0.2, 0.25) is 0 Å². The predicted molar refractivity (Wildman–Crippen MR) is 76.0 cm³/mol. The van der Waals surface area contributed by atoms with Gasteiger partial charge in [0.2, 0.25) is 0 Å². The fourth-order valence-electron chi connectivity index (χ4n) is 1.48. The third-order valence-electron chi connectivity index (χ3n) is 2.27. The first-order chi connectivity index (χ1) is 7.45. The van der Waals surface area contributed by atoms with Crippen LogP contribution in [0.1, 0.15) is 24.9 Å². The van der Waals surface area contributed by atoms with Gasteiger partial charge in [-0.05, 0) is 41.4 Å². The highest BCUT2D eigenvalue weighted by Gasteiger charge is 2.15. The maximum atomic E-state index is 9.89. The number of ether oxygens (including phenoxy) is 1. The maximum Gasteiger partial charge on any atom is 0.134 e. The van der Waals surface area contributed by atoms with Crippen molar-refractivity contribution in [2.24, 2.45) is 5.73 Å². The lowest BCUT2D eigenvalue weighted by Crippen LogP contribution is -2.11. The Morgan fingerprint density at radius 1 is 1.59 bits per heavy atom. The van der Waals surface area contributed by atoms with Crippen molar-refractivity contribution < 1.29 is 9.84 Å². The highest BCUT2D eigenvalue weighted by Crippen LogP contribution is 2.36. The number of benzene rings is 1. The van der Waals surface area contributed by atoms with Gasteiger partial charge in [0.25, 0.3) is 0 Å². The van der Waals surface area contributed by atoms with E-state index in [1.807, 2.05) is 6.92 Å². The first-order valence-electron chi connectivity index (χ1n) is 4.92. The van der Waals surface area contributed by atoms with Crippen LogP contribution in [-0.4, -0.2) is 12.2 Å². The molecule has 5 heteroatoms. The highest BCUT2D eigenvalue weighted by atomic mass is 79.9. The molecule has 1 aromatic carbocycles. The Morgan fingerprint density at radius 3 is 2.65 bits per heavy atom. The number of phenolic OH excluding ortho intramolecular Hbond substituents is 1. The van der Waals surface area contributed by atoms with Crippen LogP contribution in [0.25, 0.3) is 0 Å². The maximum absolute atomic E-state index is 9.89. The predicted octanol–water partition coefficient (Wildman–Crippen LogP) is 3.55. The quantitative estimate of drug-likeness (QED) is 0.834. The Balaban J connectivity index is 0.00000256. The molecule has 1 rings (SSSR count). The third-order valence-corrected chi connectivity index (χ3v) is 2.87. The van der Waals surface area contributed by atoms with Crippen LogP contribution < -0.4 is 10.5 Å². The van der Waals surface area contributed by atoms with Crippen molar-refractivity contribution in [2.45, 2.75) is 19.4 Å². The van der Waals surface area contributed by atoms with E-state index in [-0.39, 0.29) is 24.2 Å². The Kier molecular flexibility index (Phi) is 6.60. The zero-order valence-electron chi connectivity index (χ0n) is 9.87. The monoisotopic (exact) mass is 321 g/mol. The van der Waals surface area contributed by atoms with Gasteiger partial charge in [-0.3, -0.25) is 0 Å². The summed E-state index contributed by atoms with van der Waals surface area (Å²) >= 11 is 3.26. The highest BCUT2D eigenvalue weighted by molar-refractivity contribution is 9.10. The van der Waals surface area contributed by atoms with E-state index < -0.39 is 0 Å². The van der Waals surface area contributed by atoms with Gasteiger partial charge in [-0.2, -0.15) is 0 Å². The number of methoxy groups -OCH3 is 1. The minimum absolute atomic E-state index is 0. The van der Waals surface area contributed by atoms with E-state index in [9.17, 15) is 5.11 Å². The van der Waals surface area contributed by atoms with Gasteiger partial charge in [0.1, 0.15) is 11.5 Å². The van der Waals surface area contributed by atoms with Gasteiger partial charge >= 0.3 is 0 Å². The molecule has 0 aliphatic carbocycles. The van der Waals surface area contributed by atoms with E-state index in [0.717, 1.165) is 5.57 Å². The van der Waals surface area contributed by atoms with Crippen molar-refractivity contribution in [3.63, 3.8) is 0 Å². The topological polar surface area (TPSA) is 55.5 Å². The molecule has 0 aromatic heterocycles. The molecule has 0 spiro atoms. The minimum atomic E-state index is -0.274. The van der Waals surface area contributed by atoms with E-state index in [2.05, 4.69) is 22.5 Å². The fourth-order valence-corrected chi connectivity index (χ4v) is 1.93. The number of rotatable bonds is 4. The lowest BCUT2D eigenvalue weighted by Gasteiger charge is -2.15. The SMILES string of the molecule is C=C(C)C[C@H](N)c1cc(OC)cc(Br)c1O.Cl. The average molecular weight is 323 g/mol. The molecule has 0 radical (unpaired) electrons. The van der Waals surface area contributed by atoms with Crippen molar-refractivity contribution in [3.05, 3.63) is 34.3 Å². The van der Waals surface area contributed by atoms with E-state index in [1.165, 1.54) is 0 Å². The second-order valence-electron chi connectivity index (χ2n) is 3.81. The summed E-state index contributed by atoms with van der Waals surface area (Å²) in [6, 6.07) is 3.17. The Morgan fingerprint density at radius 2 is 2.18 bits per heavy atom. The van der Waals surface area contributed by atoms with Crippen LogP contribution in [-0.2, 0) is 0 Å². The molecule has 0 unspecified atom stereocenters. The lowest BCUT2D eigenvalue weighted by molar-refractivity contribution is 0.408. The molecule has 1 atom stereocenters. The Bertz CT molecular complexity index is 410. The molecule has 0 aliphatic rings. The van der Waals surface area contributed by atoms with Crippen LogP contribution in [0.5, 0.6) is 11.5 Å². The Hall–Kier alpha value is -0.710. The summed E-state index contributed by atoms with van der Waals surface area (Å²) in [6.45, 7) is 5.72. The summed E-state index contributed by atoms with van der Waals surface area (Å²) in [5.41, 5.74) is 7.63. The number of aromatic hydroxyl groups is 1. The van der Waals surface area contributed by atoms with Crippen molar-refractivity contribution in [3.8, 4) is 11.5 Å². The number of hydrogen-bond donors (Lipinski definition) is 2. The molecular formula is C12H17BrClNO2. The van der Waals surface area contributed by atoms with Crippen LogP contribution in [0.3, 0.4) is 0 Å². The second-order valence-corrected chi connectivity index (χ2v) is 4.67. The molecule has 17 heavy (non-hydrogen) atoms. The largest absolute Gasteiger partial charge is 0.506 e. The summed E-state index contributed by atoms with van der Waals surface area (Å²) in [4.78, 5) is 0. The molecule has 96 valence electrons. The summed E-state index contributed by atoms with van der Waals surface area (Å²) in [5, 5.41) is 9.89. The van der Waals surface area contributed by atoms with Gasteiger partial charge in [0, 0.05) is 11.6 Å².